The SMILES string of the molecule is Cc1cc(C)cc(NC(=O)CSc2ccc(NC(=O)C3CC3)cc2)c1. The molecule has 0 radical (unpaired) electrons. The second kappa shape index (κ2) is 7.74. The van der Waals surface area contributed by atoms with Crippen LogP contribution in [-0.4, -0.2) is 17.6 Å². The summed E-state index contributed by atoms with van der Waals surface area (Å²) in [6.07, 6.45) is 1.99. The third-order valence-electron chi connectivity index (χ3n) is 3.95. The number of anilines is 2. The largest absolute Gasteiger partial charge is 0.326 e. The summed E-state index contributed by atoms with van der Waals surface area (Å²) in [7, 11) is 0. The summed E-state index contributed by atoms with van der Waals surface area (Å²) in [5.41, 5.74) is 3.90. The van der Waals surface area contributed by atoms with E-state index in [0.717, 1.165) is 40.2 Å². The number of hydrogen-bond acceptors (Lipinski definition) is 3. The number of benzene rings is 2. The molecule has 0 atom stereocenters. The van der Waals surface area contributed by atoms with Crippen molar-refractivity contribution in [3.8, 4) is 0 Å². The highest BCUT2D eigenvalue weighted by Gasteiger charge is 2.29. The summed E-state index contributed by atoms with van der Waals surface area (Å²) in [6.45, 7) is 4.03. The van der Waals surface area contributed by atoms with Crippen LogP contribution in [0.2, 0.25) is 0 Å². The minimum absolute atomic E-state index is 0.0267. The van der Waals surface area contributed by atoms with Crippen LogP contribution in [0, 0.1) is 19.8 Å². The zero-order valence-electron chi connectivity index (χ0n) is 14.5. The molecule has 1 aliphatic rings. The van der Waals surface area contributed by atoms with Gasteiger partial charge >= 0.3 is 0 Å². The van der Waals surface area contributed by atoms with Gasteiger partial charge in [0.1, 0.15) is 0 Å². The zero-order chi connectivity index (χ0) is 17.8. The summed E-state index contributed by atoms with van der Waals surface area (Å²) in [6, 6.07) is 13.6. The van der Waals surface area contributed by atoms with Crippen molar-refractivity contribution in [2.45, 2.75) is 31.6 Å². The maximum Gasteiger partial charge on any atom is 0.234 e. The summed E-state index contributed by atoms with van der Waals surface area (Å²) >= 11 is 1.48. The minimum atomic E-state index is -0.0267. The Labute approximate surface area is 152 Å². The molecule has 3 rings (SSSR count). The van der Waals surface area contributed by atoms with Gasteiger partial charge in [-0.25, -0.2) is 0 Å². The number of nitrogens with one attached hydrogen (secondary N) is 2. The predicted molar refractivity (Wildman–Crippen MR) is 103 cm³/mol. The number of carbonyl (C=O) groups is 2. The molecule has 25 heavy (non-hydrogen) atoms. The van der Waals surface area contributed by atoms with Crippen molar-refractivity contribution in [1.82, 2.24) is 0 Å². The van der Waals surface area contributed by atoms with Crippen LogP contribution < -0.4 is 10.6 Å². The van der Waals surface area contributed by atoms with Gasteiger partial charge in [-0.05, 0) is 74.2 Å². The summed E-state index contributed by atoms with van der Waals surface area (Å²) < 4.78 is 0. The lowest BCUT2D eigenvalue weighted by Crippen LogP contribution is -2.14. The Morgan fingerprint density at radius 2 is 1.60 bits per heavy atom. The molecule has 0 aliphatic heterocycles. The van der Waals surface area contributed by atoms with Crippen molar-refractivity contribution >= 4 is 35.0 Å². The van der Waals surface area contributed by atoms with Gasteiger partial charge in [-0.15, -0.1) is 11.8 Å². The molecule has 2 aromatic carbocycles. The summed E-state index contributed by atoms with van der Waals surface area (Å²) in [5.74, 6) is 0.623. The molecule has 1 saturated carbocycles. The third kappa shape index (κ3) is 5.36. The Kier molecular flexibility index (Phi) is 5.43. The van der Waals surface area contributed by atoms with Crippen molar-refractivity contribution < 1.29 is 9.59 Å². The maximum absolute atomic E-state index is 12.1. The Morgan fingerprint density at radius 1 is 0.960 bits per heavy atom. The van der Waals surface area contributed by atoms with E-state index in [0.29, 0.717) is 5.75 Å². The Hall–Kier alpha value is -2.27. The fourth-order valence-electron chi connectivity index (χ4n) is 2.62. The molecule has 0 bridgehead atoms. The molecule has 5 heteroatoms. The molecule has 1 fully saturated rings. The lowest BCUT2D eigenvalue weighted by molar-refractivity contribution is -0.117. The minimum Gasteiger partial charge on any atom is -0.326 e. The highest BCUT2D eigenvalue weighted by atomic mass is 32.2. The summed E-state index contributed by atoms with van der Waals surface area (Å²) in [5, 5.41) is 5.85. The number of aryl methyl sites for hydroxylation is 2. The maximum atomic E-state index is 12.1. The first-order valence-electron chi connectivity index (χ1n) is 8.41. The first kappa shape index (κ1) is 17.5. The molecule has 0 heterocycles. The second-order valence-electron chi connectivity index (χ2n) is 6.50. The topological polar surface area (TPSA) is 58.2 Å². The lowest BCUT2D eigenvalue weighted by Gasteiger charge is -2.08. The van der Waals surface area contributed by atoms with Crippen LogP contribution in [0.1, 0.15) is 24.0 Å². The first-order chi connectivity index (χ1) is 12.0. The smallest absolute Gasteiger partial charge is 0.234 e. The van der Waals surface area contributed by atoms with E-state index in [1.54, 1.807) is 0 Å². The van der Waals surface area contributed by atoms with Gasteiger partial charge in [0.05, 0.1) is 5.75 Å². The quantitative estimate of drug-likeness (QED) is 0.757. The second-order valence-corrected chi connectivity index (χ2v) is 7.55. The molecule has 0 aromatic heterocycles. The van der Waals surface area contributed by atoms with Crippen LogP contribution in [0.3, 0.4) is 0 Å². The normalized spacial score (nSPS) is 13.4. The molecule has 2 aromatic rings. The lowest BCUT2D eigenvalue weighted by atomic mass is 10.1. The van der Waals surface area contributed by atoms with Crippen molar-refractivity contribution in [1.29, 1.82) is 0 Å². The van der Waals surface area contributed by atoms with E-state index in [-0.39, 0.29) is 17.7 Å². The fraction of sp³-hybridized carbons (Fsp3) is 0.300. The van der Waals surface area contributed by atoms with Gasteiger partial charge in [0.15, 0.2) is 0 Å². The van der Waals surface area contributed by atoms with E-state index in [4.69, 9.17) is 0 Å². The fourth-order valence-corrected chi connectivity index (χ4v) is 3.32. The molecule has 4 nitrogen and oxygen atoms in total. The predicted octanol–water partition coefficient (Wildman–Crippen LogP) is 4.38. The van der Waals surface area contributed by atoms with Gasteiger partial charge in [0.25, 0.3) is 0 Å². The van der Waals surface area contributed by atoms with Crippen LogP contribution in [0.5, 0.6) is 0 Å². The van der Waals surface area contributed by atoms with Crippen LogP contribution in [-0.2, 0) is 9.59 Å². The number of thioether (sulfide) groups is 1. The first-order valence-corrected chi connectivity index (χ1v) is 9.40. The Bertz CT molecular complexity index is 763. The number of rotatable bonds is 6. The molecule has 1 aliphatic carbocycles. The third-order valence-corrected chi connectivity index (χ3v) is 4.96. The standard InChI is InChI=1S/C20H22N2O2S/c1-13-9-14(2)11-17(10-13)21-19(23)12-25-18-7-5-16(6-8-18)22-20(24)15-3-4-15/h5-11,15H,3-4,12H2,1-2H3,(H,21,23)(H,22,24). The van der Waals surface area contributed by atoms with Crippen LogP contribution in [0.15, 0.2) is 47.4 Å². The summed E-state index contributed by atoms with van der Waals surface area (Å²) in [4.78, 5) is 24.8. The van der Waals surface area contributed by atoms with Gasteiger partial charge in [-0.2, -0.15) is 0 Å². The molecular weight excluding hydrogens is 332 g/mol. The van der Waals surface area contributed by atoms with Gasteiger partial charge in [-0.1, -0.05) is 6.07 Å². The van der Waals surface area contributed by atoms with E-state index in [9.17, 15) is 9.59 Å². The highest BCUT2D eigenvalue weighted by molar-refractivity contribution is 8.00. The van der Waals surface area contributed by atoms with E-state index < -0.39 is 0 Å². The van der Waals surface area contributed by atoms with Crippen molar-refractivity contribution in [3.63, 3.8) is 0 Å². The van der Waals surface area contributed by atoms with E-state index in [1.807, 2.05) is 50.2 Å². The molecule has 0 spiro atoms. The number of hydrogen-bond donors (Lipinski definition) is 2. The van der Waals surface area contributed by atoms with Crippen molar-refractivity contribution in [3.05, 3.63) is 53.6 Å². The monoisotopic (exact) mass is 354 g/mol. The van der Waals surface area contributed by atoms with Crippen LogP contribution in [0.25, 0.3) is 0 Å². The van der Waals surface area contributed by atoms with Crippen LogP contribution in [0.4, 0.5) is 11.4 Å². The Morgan fingerprint density at radius 3 is 2.20 bits per heavy atom. The van der Waals surface area contributed by atoms with Gasteiger partial charge in [-0.3, -0.25) is 9.59 Å². The average Bonchev–Trinajstić information content (AvgIpc) is 3.38. The van der Waals surface area contributed by atoms with E-state index in [1.165, 1.54) is 11.8 Å². The van der Waals surface area contributed by atoms with Crippen LogP contribution >= 0.6 is 11.8 Å². The molecule has 2 amide bonds. The highest BCUT2D eigenvalue weighted by Crippen LogP contribution is 2.30. The van der Waals surface area contributed by atoms with Gasteiger partial charge < -0.3 is 10.6 Å². The number of amides is 2. The zero-order valence-corrected chi connectivity index (χ0v) is 15.3. The van der Waals surface area contributed by atoms with Crippen molar-refractivity contribution in [2.24, 2.45) is 5.92 Å². The van der Waals surface area contributed by atoms with E-state index >= 15 is 0 Å². The number of carbonyl (C=O) groups excluding carboxylic acids is 2. The van der Waals surface area contributed by atoms with E-state index in [2.05, 4.69) is 16.7 Å². The molecule has 130 valence electrons. The molecule has 0 saturated heterocycles. The van der Waals surface area contributed by atoms with Gasteiger partial charge in [0.2, 0.25) is 11.8 Å². The van der Waals surface area contributed by atoms with Crippen molar-refractivity contribution in [2.75, 3.05) is 16.4 Å². The molecular formula is C20H22N2O2S. The Balaban J connectivity index is 1.48. The molecule has 0 unspecified atom stereocenters. The van der Waals surface area contributed by atoms with Gasteiger partial charge in [0, 0.05) is 22.2 Å². The average molecular weight is 354 g/mol. The molecule has 2 N–H and O–H groups in total.